The molecule has 0 atom stereocenters. The van der Waals surface area contributed by atoms with Crippen molar-refractivity contribution in [1.82, 2.24) is 4.98 Å². The Morgan fingerprint density at radius 3 is 1.83 bits per heavy atom. The number of esters is 1. The Balaban J connectivity index is 1.21. The fourth-order valence-corrected chi connectivity index (χ4v) is 7.77. The van der Waals surface area contributed by atoms with E-state index in [2.05, 4.69) is 109 Å². The highest BCUT2D eigenvalue weighted by Crippen LogP contribution is 2.65. The molecule has 0 N–H and O–H groups in total. The van der Waals surface area contributed by atoms with Crippen LogP contribution in [-0.4, -0.2) is 11.0 Å². The highest BCUT2D eigenvalue weighted by Gasteiger charge is 2.53. The van der Waals surface area contributed by atoms with Crippen LogP contribution >= 0.6 is 0 Å². The van der Waals surface area contributed by atoms with E-state index >= 15 is 0 Å². The second kappa shape index (κ2) is 10.4. The second-order valence-electron chi connectivity index (χ2n) is 12.1. The molecule has 6 aromatic carbocycles. The van der Waals surface area contributed by atoms with E-state index in [0.29, 0.717) is 0 Å². The molecular weight excluding hydrogens is 562 g/mol. The smallest absolute Gasteiger partial charge is 0.310 e. The van der Waals surface area contributed by atoms with Gasteiger partial charge in [-0.05, 0) is 56.1 Å². The summed E-state index contributed by atoms with van der Waals surface area (Å²) in [5, 5.41) is 1.17. The first kappa shape index (κ1) is 26.6. The van der Waals surface area contributed by atoms with Crippen LogP contribution in [0.2, 0.25) is 0 Å². The van der Waals surface area contributed by atoms with Crippen molar-refractivity contribution in [2.24, 2.45) is 0 Å². The molecule has 1 spiro atoms. The molecular formula is C43H29NO2. The predicted molar refractivity (Wildman–Crippen MR) is 183 cm³/mol. The zero-order valence-corrected chi connectivity index (χ0v) is 25.1. The Hall–Kier alpha value is -5.80. The van der Waals surface area contributed by atoms with E-state index in [1.165, 1.54) is 49.9 Å². The molecule has 0 fully saturated rings. The Morgan fingerprint density at radius 1 is 0.565 bits per heavy atom. The van der Waals surface area contributed by atoms with Gasteiger partial charge in [0.15, 0.2) is 0 Å². The number of carbonyl (C=O) groups excluding carboxylic acids is 1. The summed E-state index contributed by atoms with van der Waals surface area (Å²) in [5.74, 6) is -0.240. The molecule has 7 aromatic rings. The SMILES string of the molecule is O=C(Cc1ccc(-c2nc3ccccc3c3c2-c2ccccc2C32c3ccccc3-c3ccccc32)cc1)OCc1ccccc1. The molecule has 1 aromatic heterocycles. The minimum Gasteiger partial charge on any atom is -0.461 e. The number of benzene rings is 6. The highest BCUT2D eigenvalue weighted by molar-refractivity contribution is 6.06. The third kappa shape index (κ3) is 3.85. The summed E-state index contributed by atoms with van der Waals surface area (Å²) in [5.41, 5.74) is 14.6. The normalized spacial score (nSPS) is 13.2. The number of aromatic nitrogens is 1. The van der Waals surface area contributed by atoms with E-state index in [4.69, 9.17) is 9.72 Å². The summed E-state index contributed by atoms with van der Waals surface area (Å²) in [6.45, 7) is 0.276. The number of hydrogen-bond acceptors (Lipinski definition) is 3. The number of pyridine rings is 1. The maximum atomic E-state index is 12.7. The maximum Gasteiger partial charge on any atom is 0.310 e. The zero-order chi connectivity index (χ0) is 30.7. The number of hydrogen-bond donors (Lipinski definition) is 0. The molecule has 1 heterocycles. The number of nitrogens with zero attached hydrogens (tertiary/aromatic N) is 1. The maximum absolute atomic E-state index is 12.7. The topological polar surface area (TPSA) is 39.2 Å². The van der Waals surface area contributed by atoms with Crippen LogP contribution < -0.4 is 0 Å². The van der Waals surface area contributed by atoms with Gasteiger partial charge in [0.1, 0.15) is 6.61 Å². The number of ether oxygens (including phenoxy) is 1. The van der Waals surface area contributed by atoms with E-state index in [1.54, 1.807) is 0 Å². The number of fused-ring (bicyclic) bond motifs is 12. The van der Waals surface area contributed by atoms with Gasteiger partial charge >= 0.3 is 5.97 Å². The van der Waals surface area contributed by atoms with Crippen LogP contribution in [0.4, 0.5) is 0 Å². The van der Waals surface area contributed by atoms with Crippen LogP contribution in [-0.2, 0) is 28.0 Å². The van der Waals surface area contributed by atoms with E-state index in [1.807, 2.05) is 42.5 Å². The molecule has 46 heavy (non-hydrogen) atoms. The standard InChI is InChI=1S/C43H29NO2/c45-39(46-27-29-12-2-1-3-13-29)26-28-22-24-30(25-23-28)42-40-33-16-6-10-20-37(33)43(41(40)34-17-7-11-21-38(34)44-42)35-18-8-4-14-31(35)32-15-5-9-19-36(32)43/h1-25H,26-27H2. The lowest BCUT2D eigenvalue weighted by Crippen LogP contribution is -2.26. The molecule has 0 aliphatic heterocycles. The van der Waals surface area contributed by atoms with Gasteiger partial charge in [-0.25, -0.2) is 4.98 Å². The predicted octanol–water partition coefficient (Wildman–Crippen LogP) is 9.53. The Morgan fingerprint density at radius 2 is 1.13 bits per heavy atom. The van der Waals surface area contributed by atoms with Crippen LogP contribution in [0.5, 0.6) is 0 Å². The van der Waals surface area contributed by atoms with Crippen LogP contribution in [0.15, 0.2) is 152 Å². The van der Waals surface area contributed by atoms with E-state index in [0.717, 1.165) is 27.9 Å². The average molecular weight is 592 g/mol. The van der Waals surface area contributed by atoms with Gasteiger partial charge in [-0.2, -0.15) is 0 Å². The van der Waals surface area contributed by atoms with Crippen molar-refractivity contribution in [2.75, 3.05) is 0 Å². The van der Waals surface area contributed by atoms with Gasteiger partial charge in [0.05, 0.1) is 23.0 Å². The fourth-order valence-electron chi connectivity index (χ4n) is 7.77. The van der Waals surface area contributed by atoms with Crippen molar-refractivity contribution in [3.8, 4) is 33.5 Å². The lowest BCUT2D eigenvalue weighted by molar-refractivity contribution is -0.144. The monoisotopic (exact) mass is 591 g/mol. The average Bonchev–Trinajstić information content (AvgIpc) is 3.59. The van der Waals surface area contributed by atoms with Crippen molar-refractivity contribution in [3.05, 3.63) is 185 Å². The van der Waals surface area contributed by atoms with Crippen molar-refractivity contribution < 1.29 is 9.53 Å². The van der Waals surface area contributed by atoms with Crippen LogP contribution in [0.25, 0.3) is 44.4 Å². The zero-order valence-electron chi connectivity index (χ0n) is 25.1. The summed E-state index contributed by atoms with van der Waals surface area (Å²) in [7, 11) is 0. The van der Waals surface area contributed by atoms with Crippen LogP contribution in [0.3, 0.4) is 0 Å². The van der Waals surface area contributed by atoms with Crippen LogP contribution in [0.1, 0.15) is 33.4 Å². The van der Waals surface area contributed by atoms with Crippen molar-refractivity contribution >= 4 is 16.9 Å². The van der Waals surface area contributed by atoms with E-state index in [-0.39, 0.29) is 19.0 Å². The van der Waals surface area contributed by atoms with Crippen molar-refractivity contribution in [3.63, 3.8) is 0 Å². The lowest BCUT2D eigenvalue weighted by atomic mass is 9.69. The lowest BCUT2D eigenvalue weighted by Gasteiger charge is -2.31. The highest BCUT2D eigenvalue weighted by atomic mass is 16.5. The number of carbonyl (C=O) groups is 1. The summed E-state index contributed by atoms with van der Waals surface area (Å²) < 4.78 is 5.55. The largest absolute Gasteiger partial charge is 0.461 e. The molecule has 218 valence electrons. The minimum atomic E-state index is -0.459. The van der Waals surface area contributed by atoms with Gasteiger partial charge in [0.25, 0.3) is 0 Å². The summed E-state index contributed by atoms with van der Waals surface area (Å²) >= 11 is 0. The molecule has 9 rings (SSSR count). The van der Waals surface area contributed by atoms with Gasteiger partial charge in [0, 0.05) is 16.5 Å². The molecule has 2 aliphatic rings. The first-order chi connectivity index (χ1) is 22.7. The molecule has 0 amide bonds. The molecule has 0 saturated heterocycles. The first-order valence-corrected chi connectivity index (χ1v) is 15.7. The van der Waals surface area contributed by atoms with E-state index < -0.39 is 5.41 Å². The molecule has 0 radical (unpaired) electrons. The Kier molecular flexibility index (Phi) is 6.01. The Labute approximate surface area is 267 Å². The number of para-hydroxylation sites is 1. The third-order valence-corrected chi connectivity index (χ3v) is 9.64. The summed E-state index contributed by atoms with van der Waals surface area (Å²) in [4.78, 5) is 18.0. The molecule has 0 unspecified atom stereocenters. The van der Waals surface area contributed by atoms with Crippen molar-refractivity contribution in [2.45, 2.75) is 18.4 Å². The van der Waals surface area contributed by atoms with Crippen LogP contribution in [0, 0.1) is 0 Å². The molecule has 2 aliphatic carbocycles. The summed E-state index contributed by atoms with van der Waals surface area (Å²) in [6, 6.07) is 53.2. The number of rotatable bonds is 5. The van der Waals surface area contributed by atoms with Gasteiger partial charge in [0.2, 0.25) is 0 Å². The third-order valence-electron chi connectivity index (χ3n) is 9.64. The van der Waals surface area contributed by atoms with Gasteiger partial charge in [-0.15, -0.1) is 0 Å². The van der Waals surface area contributed by atoms with Gasteiger partial charge < -0.3 is 4.74 Å². The molecule has 3 heteroatoms. The van der Waals surface area contributed by atoms with Crippen molar-refractivity contribution in [1.29, 1.82) is 0 Å². The Bertz CT molecular complexity index is 2260. The summed E-state index contributed by atoms with van der Waals surface area (Å²) in [6.07, 6.45) is 0.218. The second-order valence-corrected chi connectivity index (χ2v) is 12.1. The van der Waals surface area contributed by atoms with Gasteiger partial charge in [-0.1, -0.05) is 146 Å². The quantitative estimate of drug-likeness (QED) is 0.187. The van der Waals surface area contributed by atoms with Gasteiger partial charge in [-0.3, -0.25) is 4.79 Å². The minimum absolute atomic E-state index is 0.218. The first-order valence-electron chi connectivity index (χ1n) is 15.7. The van der Waals surface area contributed by atoms with E-state index in [9.17, 15) is 4.79 Å². The molecule has 0 bridgehead atoms. The fraction of sp³-hybridized carbons (Fsp3) is 0.0698. The molecule has 0 saturated carbocycles. The molecule has 3 nitrogen and oxygen atoms in total.